The zero-order chi connectivity index (χ0) is 13.3. The zero-order valence-corrected chi connectivity index (χ0v) is 10.5. The maximum absolute atomic E-state index is 11.6. The van der Waals surface area contributed by atoms with Crippen LogP contribution in [0.1, 0.15) is 39.0 Å². The number of hydrogen-bond donors (Lipinski definition) is 1. The molecule has 1 N–H and O–H groups in total. The van der Waals surface area contributed by atoms with Gasteiger partial charge < -0.3 is 9.84 Å². The SMILES string of the molecule is CC(=O)OCC1CC2CC(=O)CC(C(=O)O)(C1)C2. The monoisotopic (exact) mass is 254 g/mol. The Bertz CT molecular complexity index is 389. The first-order chi connectivity index (χ1) is 8.41. The van der Waals surface area contributed by atoms with E-state index < -0.39 is 11.4 Å². The summed E-state index contributed by atoms with van der Waals surface area (Å²) in [6.45, 7) is 1.62. The number of fused-ring (bicyclic) bond motifs is 2. The maximum atomic E-state index is 11.6. The van der Waals surface area contributed by atoms with Crippen molar-refractivity contribution in [2.75, 3.05) is 6.61 Å². The summed E-state index contributed by atoms with van der Waals surface area (Å²) in [6.07, 6.45) is 2.43. The van der Waals surface area contributed by atoms with Crippen LogP contribution in [0.3, 0.4) is 0 Å². The number of ether oxygens (including phenoxy) is 1. The Kier molecular flexibility index (Phi) is 3.41. The van der Waals surface area contributed by atoms with Crippen LogP contribution in [0, 0.1) is 17.3 Å². The van der Waals surface area contributed by atoms with Gasteiger partial charge in [0.05, 0.1) is 12.0 Å². The summed E-state index contributed by atoms with van der Waals surface area (Å²) < 4.78 is 4.98. The number of Topliss-reactive ketones (excluding diaryl/α,β-unsaturated/α-hetero) is 1. The molecule has 2 saturated carbocycles. The summed E-state index contributed by atoms with van der Waals surface area (Å²) >= 11 is 0. The van der Waals surface area contributed by atoms with Crippen LogP contribution in [0.25, 0.3) is 0 Å². The van der Waals surface area contributed by atoms with Gasteiger partial charge in [-0.15, -0.1) is 0 Å². The minimum atomic E-state index is -0.914. The highest BCUT2D eigenvalue weighted by Gasteiger charge is 2.51. The number of hydrogen-bond acceptors (Lipinski definition) is 4. The van der Waals surface area contributed by atoms with Gasteiger partial charge in [0.2, 0.25) is 0 Å². The predicted octanol–water partition coefficient (Wildman–Crippen LogP) is 1.40. The molecule has 0 aromatic carbocycles. The quantitative estimate of drug-likeness (QED) is 0.770. The molecule has 0 amide bonds. The van der Waals surface area contributed by atoms with Crippen molar-refractivity contribution in [2.45, 2.75) is 39.0 Å². The molecule has 2 bridgehead atoms. The Hall–Kier alpha value is -1.39. The van der Waals surface area contributed by atoms with E-state index in [2.05, 4.69) is 0 Å². The number of carboxylic acids is 1. The van der Waals surface area contributed by atoms with Gasteiger partial charge in [0.1, 0.15) is 5.78 Å². The lowest BCUT2D eigenvalue weighted by molar-refractivity contribution is -0.161. The maximum Gasteiger partial charge on any atom is 0.310 e. The Morgan fingerprint density at radius 3 is 2.78 bits per heavy atom. The average molecular weight is 254 g/mol. The molecular formula is C13H18O5. The van der Waals surface area contributed by atoms with Crippen molar-refractivity contribution in [3.63, 3.8) is 0 Å². The first-order valence-corrected chi connectivity index (χ1v) is 6.30. The van der Waals surface area contributed by atoms with E-state index in [1.807, 2.05) is 0 Å². The number of rotatable bonds is 3. The number of carboxylic acid groups (broad SMARTS) is 1. The van der Waals surface area contributed by atoms with Gasteiger partial charge >= 0.3 is 11.9 Å². The van der Waals surface area contributed by atoms with E-state index >= 15 is 0 Å². The molecule has 3 unspecified atom stereocenters. The number of esters is 1. The Balaban J connectivity index is 2.09. The molecule has 2 aliphatic carbocycles. The molecule has 0 saturated heterocycles. The number of aliphatic carboxylic acids is 1. The van der Waals surface area contributed by atoms with Crippen LogP contribution in [0.15, 0.2) is 0 Å². The van der Waals surface area contributed by atoms with E-state index in [4.69, 9.17) is 4.74 Å². The van der Waals surface area contributed by atoms with Crippen LogP contribution in [-0.2, 0) is 19.1 Å². The molecule has 2 fully saturated rings. The lowest BCUT2D eigenvalue weighted by Crippen LogP contribution is -2.46. The van der Waals surface area contributed by atoms with Gasteiger partial charge in [-0.25, -0.2) is 0 Å². The van der Waals surface area contributed by atoms with E-state index in [1.165, 1.54) is 6.92 Å². The predicted molar refractivity (Wildman–Crippen MR) is 61.8 cm³/mol. The normalized spacial score (nSPS) is 35.1. The highest BCUT2D eigenvalue weighted by Crippen LogP contribution is 2.50. The van der Waals surface area contributed by atoms with Crippen LogP contribution >= 0.6 is 0 Å². The highest BCUT2D eigenvalue weighted by molar-refractivity contribution is 5.88. The second-order valence-corrected chi connectivity index (χ2v) is 5.68. The minimum Gasteiger partial charge on any atom is -0.481 e. The standard InChI is InChI=1S/C13H18O5/c1-8(14)18-7-10-2-9-3-11(15)6-13(4-9,5-10)12(16)17/h9-10H,2-7H2,1H3,(H,16,17). The van der Waals surface area contributed by atoms with Gasteiger partial charge in [-0.1, -0.05) is 0 Å². The summed E-state index contributed by atoms with van der Waals surface area (Å²) in [5.41, 5.74) is -0.914. The van der Waals surface area contributed by atoms with Gasteiger partial charge in [0.25, 0.3) is 0 Å². The van der Waals surface area contributed by atoms with E-state index in [-0.39, 0.29) is 36.6 Å². The fourth-order valence-corrected chi connectivity index (χ4v) is 3.51. The van der Waals surface area contributed by atoms with Crippen LogP contribution in [0.2, 0.25) is 0 Å². The van der Waals surface area contributed by atoms with Crippen molar-refractivity contribution in [3.05, 3.63) is 0 Å². The van der Waals surface area contributed by atoms with Crippen molar-refractivity contribution >= 4 is 17.7 Å². The Morgan fingerprint density at radius 1 is 1.44 bits per heavy atom. The Morgan fingerprint density at radius 2 is 2.17 bits per heavy atom. The molecule has 0 aromatic heterocycles. The molecule has 2 rings (SSSR count). The van der Waals surface area contributed by atoms with Gasteiger partial charge in [-0.05, 0) is 31.1 Å². The third-order valence-corrected chi connectivity index (χ3v) is 4.05. The summed E-state index contributed by atoms with van der Waals surface area (Å²) in [4.78, 5) is 33.9. The number of carbonyl (C=O) groups is 3. The van der Waals surface area contributed by atoms with Crippen LogP contribution in [0.4, 0.5) is 0 Å². The molecule has 0 aliphatic heterocycles. The number of ketones is 1. The fraction of sp³-hybridized carbons (Fsp3) is 0.769. The second kappa shape index (κ2) is 4.71. The molecule has 5 nitrogen and oxygen atoms in total. The van der Waals surface area contributed by atoms with Crippen molar-refractivity contribution < 1.29 is 24.2 Å². The molecule has 5 heteroatoms. The van der Waals surface area contributed by atoms with Gasteiger partial charge in [0, 0.05) is 19.8 Å². The third kappa shape index (κ3) is 2.54. The van der Waals surface area contributed by atoms with Crippen LogP contribution in [-0.4, -0.2) is 29.4 Å². The minimum absolute atomic E-state index is 0.0552. The summed E-state index contributed by atoms with van der Waals surface area (Å²) in [5.74, 6) is -0.965. The Labute approximate surface area is 105 Å². The first kappa shape index (κ1) is 13.1. The van der Waals surface area contributed by atoms with Gasteiger partial charge in [-0.2, -0.15) is 0 Å². The smallest absolute Gasteiger partial charge is 0.310 e. The van der Waals surface area contributed by atoms with Crippen LogP contribution in [0.5, 0.6) is 0 Å². The molecule has 0 aromatic rings. The zero-order valence-electron chi connectivity index (χ0n) is 10.5. The van der Waals surface area contributed by atoms with E-state index in [9.17, 15) is 19.5 Å². The topological polar surface area (TPSA) is 80.7 Å². The molecule has 100 valence electrons. The molecular weight excluding hydrogens is 236 g/mol. The summed E-state index contributed by atoms with van der Waals surface area (Å²) in [6, 6.07) is 0. The molecule has 0 spiro atoms. The van der Waals surface area contributed by atoms with Crippen molar-refractivity contribution in [3.8, 4) is 0 Å². The van der Waals surface area contributed by atoms with Crippen molar-refractivity contribution in [1.82, 2.24) is 0 Å². The number of carbonyl (C=O) groups excluding carboxylic acids is 2. The molecule has 0 radical (unpaired) electrons. The molecule has 18 heavy (non-hydrogen) atoms. The lowest BCUT2D eigenvalue weighted by atomic mass is 9.58. The van der Waals surface area contributed by atoms with Crippen molar-refractivity contribution in [1.29, 1.82) is 0 Å². The second-order valence-electron chi connectivity index (χ2n) is 5.68. The highest BCUT2D eigenvalue weighted by atomic mass is 16.5. The molecule has 2 aliphatic rings. The molecule has 3 atom stereocenters. The van der Waals surface area contributed by atoms with E-state index in [0.717, 1.165) is 6.42 Å². The lowest BCUT2D eigenvalue weighted by Gasteiger charge is -2.44. The fourth-order valence-electron chi connectivity index (χ4n) is 3.51. The third-order valence-electron chi connectivity index (χ3n) is 4.05. The van der Waals surface area contributed by atoms with E-state index in [1.54, 1.807) is 0 Å². The average Bonchev–Trinajstić information content (AvgIpc) is 2.24. The largest absolute Gasteiger partial charge is 0.481 e. The summed E-state index contributed by atoms with van der Waals surface area (Å²) in [7, 11) is 0. The van der Waals surface area contributed by atoms with Crippen LogP contribution < -0.4 is 0 Å². The van der Waals surface area contributed by atoms with Gasteiger partial charge in [-0.3, -0.25) is 14.4 Å². The van der Waals surface area contributed by atoms with Crippen molar-refractivity contribution in [2.24, 2.45) is 17.3 Å². The molecule has 0 heterocycles. The summed E-state index contributed by atoms with van der Waals surface area (Å²) in [5, 5.41) is 9.39. The van der Waals surface area contributed by atoms with Gasteiger partial charge in [0.15, 0.2) is 0 Å². The van der Waals surface area contributed by atoms with E-state index in [0.29, 0.717) is 19.3 Å². The first-order valence-electron chi connectivity index (χ1n) is 6.30.